The summed E-state index contributed by atoms with van der Waals surface area (Å²) in [7, 11) is 0.413. The first-order valence-electron chi connectivity index (χ1n) is 3.39. The normalized spacial score (nSPS) is 12.1. The molecule has 15 heavy (non-hydrogen) atoms. The number of pyridine rings is 1. The Kier molecular flexibility index (Phi) is 3.10. The zero-order valence-electron chi connectivity index (χ0n) is 6.80. The summed E-state index contributed by atoms with van der Waals surface area (Å²) < 4.78 is 58.4. The Morgan fingerprint density at radius 3 is 2.33 bits per heavy atom. The third-order valence-corrected chi connectivity index (χ3v) is 2.72. The highest BCUT2D eigenvalue weighted by atomic mass is 35.7. The molecule has 4 nitrogen and oxygen atoms in total. The zero-order chi connectivity index (χ0) is 11.8. The highest BCUT2D eigenvalue weighted by molar-refractivity contribution is 8.13. The van der Waals surface area contributed by atoms with Gasteiger partial charge in [-0.15, -0.1) is 0 Å². The van der Waals surface area contributed by atoms with Crippen molar-refractivity contribution in [2.75, 3.05) is 0 Å². The van der Waals surface area contributed by atoms with Crippen LogP contribution in [0.15, 0.2) is 15.9 Å². The monoisotopic (exact) mass is 261 g/mol. The predicted octanol–water partition coefficient (Wildman–Crippen LogP) is 1.38. The number of aromatic amines is 1. The molecule has 0 radical (unpaired) electrons. The van der Waals surface area contributed by atoms with Gasteiger partial charge < -0.3 is 4.98 Å². The first kappa shape index (κ1) is 12.1. The standard InChI is InChI=1S/C6H3ClF3NO3S/c7-15(13,14)3-1-2(5(9)10)4(8)6(12)11-3/h1,5H,(H,11,12). The van der Waals surface area contributed by atoms with Gasteiger partial charge in [-0.1, -0.05) is 0 Å². The predicted molar refractivity (Wildman–Crippen MR) is 45.0 cm³/mol. The van der Waals surface area contributed by atoms with Gasteiger partial charge in [0.05, 0.1) is 5.56 Å². The Morgan fingerprint density at radius 1 is 1.40 bits per heavy atom. The van der Waals surface area contributed by atoms with E-state index in [1.54, 1.807) is 0 Å². The fourth-order valence-corrected chi connectivity index (χ4v) is 1.56. The van der Waals surface area contributed by atoms with E-state index in [1.165, 1.54) is 4.98 Å². The van der Waals surface area contributed by atoms with Crippen molar-refractivity contribution in [2.24, 2.45) is 0 Å². The Balaban J connectivity index is 3.58. The molecular weight excluding hydrogens is 259 g/mol. The minimum Gasteiger partial charge on any atom is -0.309 e. The largest absolute Gasteiger partial charge is 0.309 e. The van der Waals surface area contributed by atoms with E-state index >= 15 is 0 Å². The maximum Gasteiger partial charge on any atom is 0.285 e. The van der Waals surface area contributed by atoms with Crippen LogP contribution in [0.4, 0.5) is 13.2 Å². The third-order valence-electron chi connectivity index (χ3n) is 1.47. The van der Waals surface area contributed by atoms with Gasteiger partial charge in [-0.2, -0.15) is 0 Å². The second-order valence-electron chi connectivity index (χ2n) is 2.47. The lowest BCUT2D eigenvalue weighted by Gasteiger charge is -2.02. The Bertz CT molecular complexity index is 539. The first-order valence-corrected chi connectivity index (χ1v) is 5.70. The van der Waals surface area contributed by atoms with Crippen LogP contribution >= 0.6 is 10.7 Å². The van der Waals surface area contributed by atoms with Crippen LogP contribution in [0.1, 0.15) is 12.0 Å². The van der Waals surface area contributed by atoms with Crippen LogP contribution in [-0.2, 0) is 9.05 Å². The van der Waals surface area contributed by atoms with Crippen LogP contribution in [-0.4, -0.2) is 13.4 Å². The second-order valence-corrected chi connectivity index (χ2v) is 5.00. The first-order chi connectivity index (χ1) is 6.73. The van der Waals surface area contributed by atoms with Crippen molar-refractivity contribution >= 4 is 19.7 Å². The minimum atomic E-state index is -4.38. The zero-order valence-corrected chi connectivity index (χ0v) is 8.37. The van der Waals surface area contributed by atoms with Crippen LogP contribution < -0.4 is 5.56 Å². The summed E-state index contributed by atoms with van der Waals surface area (Å²) in [6.45, 7) is 0. The molecule has 0 saturated carbocycles. The molecule has 0 aliphatic heterocycles. The van der Waals surface area contributed by atoms with Crippen LogP contribution in [0.2, 0.25) is 0 Å². The molecule has 1 aromatic rings. The van der Waals surface area contributed by atoms with E-state index < -0.39 is 37.4 Å². The van der Waals surface area contributed by atoms with Crippen LogP contribution in [0, 0.1) is 5.82 Å². The van der Waals surface area contributed by atoms with Crippen LogP contribution in [0.5, 0.6) is 0 Å². The van der Waals surface area contributed by atoms with Crippen molar-refractivity contribution in [1.82, 2.24) is 4.98 Å². The molecule has 1 heterocycles. The minimum absolute atomic E-state index is 0.281. The van der Waals surface area contributed by atoms with E-state index in [4.69, 9.17) is 10.7 Å². The summed E-state index contributed by atoms with van der Waals surface area (Å²) in [6, 6.07) is 0.281. The molecule has 1 aromatic heterocycles. The van der Waals surface area contributed by atoms with Gasteiger partial charge in [0, 0.05) is 10.7 Å². The SMILES string of the molecule is O=c1[nH]c(S(=O)(=O)Cl)cc(C(F)F)c1F. The molecule has 9 heteroatoms. The average Bonchev–Trinajstić information content (AvgIpc) is 2.06. The van der Waals surface area contributed by atoms with E-state index in [9.17, 15) is 26.4 Å². The van der Waals surface area contributed by atoms with E-state index in [-0.39, 0.29) is 6.07 Å². The summed E-state index contributed by atoms with van der Waals surface area (Å²) >= 11 is 0. The molecule has 0 bridgehead atoms. The second kappa shape index (κ2) is 3.86. The molecule has 0 unspecified atom stereocenters. The summed E-state index contributed by atoms with van der Waals surface area (Å²) in [4.78, 5) is 12.3. The van der Waals surface area contributed by atoms with Crippen LogP contribution in [0.25, 0.3) is 0 Å². The molecule has 0 fully saturated rings. The summed E-state index contributed by atoms with van der Waals surface area (Å²) in [6.07, 6.45) is -3.30. The van der Waals surface area contributed by atoms with E-state index in [0.717, 1.165) is 0 Å². The maximum absolute atomic E-state index is 12.8. The van der Waals surface area contributed by atoms with Gasteiger partial charge >= 0.3 is 0 Å². The maximum atomic E-state index is 12.8. The Labute approximate surface area is 86.1 Å². The van der Waals surface area contributed by atoms with E-state index in [1.807, 2.05) is 0 Å². The van der Waals surface area contributed by atoms with Crippen molar-refractivity contribution in [3.8, 4) is 0 Å². The number of nitrogens with one attached hydrogen (secondary N) is 1. The lowest BCUT2D eigenvalue weighted by molar-refractivity contribution is 0.145. The molecule has 1 N–H and O–H groups in total. The molecule has 1 rings (SSSR count). The Morgan fingerprint density at radius 2 is 1.93 bits per heavy atom. The number of alkyl halides is 2. The third kappa shape index (κ3) is 2.51. The molecular formula is C6H3ClF3NO3S. The van der Waals surface area contributed by atoms with E-state index in [0.29, 0.717) is 0 Å². The number of H-pyrrole nitrogens is 1. The smallest absolute Gasteiger partial charge is 0.285 e. The number of aromatic nitrogens is 1. The topological polar surface area (TPSA) is 67.0 Å². The number of halogens is 4. The molecule has 0 aliphatic carbocycles. The van der Waals surface area contributed by atoms with Gasteiger partial charge in [-0.25, -0.2) is 21.6 Å². The number of hydrogen-bond donors (Lipinski definition) is 1. The van der Waals surface area contributed by atoms with Gasteiger partial charge in [-0.3, -0.25) is 4.79 Å². The number of hydrogen-bond acceptors (Lipinski definition) is 3. The van der Waals surface area contributed by atoms with Crippen LogP contribution in [0.3, 0.4) is 0 Å². The quantitative estimate of drug-likeness (QED) is 0.818. The van der Waals surface area contributed by atoms with Gasteiger partial charge in [0.2, 0.25) is 0 Å². The van der Waals surface area contributed by atoms with Crippen molar-refractivity contribution < 1.29 is 21.6 Å². The molecule has 0 aliphatic rings. The van der Waals surface area contributed by atoms with Crippen molar-refractivity contribution in [3.63, 3.8) is 0 Å². The molecule has 0 atom stereocenters. The Hall–Kier alpha value is -1.02. The van der Waals surface area contributed by atoms with Gasteiger partial charge in [0.1, 0.15) is 0 Å². The lowest BCUT2D eigenvalue weighted by Crippen LogP contribution is -2.17. The van der Waals surface area contributed by atoms with Gasteiger partial charge in [0.15, 0.2) is 10.8 Å². The fraction of sp³-hybridized carbons (Fsp3) is 0.167. The summed E-state index contributed by atoms with van der Waals surface area (Å²) in [5.41, 5.74) is -2.87. The fourth-order valence-electron chi connectivity index (χ4n) is 0.829. The van der Waals surface area contributed by atoms with Crippen molar-refractivity contribution in [2.45, 2.75) is 11.5 Å². The molecule has 84 valence electrons. The molecule has 0 amide bonds. The molecule has 0 spiro atoms. The van der Waals surface area contributed by atoms with Gasteiger partial charge in [-0.05, 0) is 6.07 Å². The highest BCUT2D eigenvalue weighted by Gasteiger charge is 2.21. The average molecular weight is 262 g/mol. The summed E-state index contributed by atoms with van der Waals surface area (Å²) in [5.74, 6) is -1.73. The lowest BCUT2D eigenvalue weighted by atomic mass is 10.3. The van der Waals surface area contributed by atoms with E-state index in [2.05, 4.69) is 0 Å². The number of rotatable bonds is 2. The molecule has 0 aromatic carbocycles. The van der Waals surface area contributed by atoms with Gasteiger partial charge in [0.25, 0.3) is 21.0 Å². The van der Waals surface area contributed by atoms with Crippen molar-refractivity contribution in [3.05, 3.63) is 27.8 Å². The summed E-state index contributed by atoms with van der Waals surface area (Å²) in [5, 5.41) is -0.967. The molecule has 0 saturated heterocycles. The highest BCUT2D eigenvalue weighted by Crippen LogP contribution is 2.22. The van der Waals surface area contributed by atoms with Crippen molar-refractivity contribution in [1.29, 1.82) is 0 Å².